The monoisotopic (exact) mass is 164 g/mol. The van der Waals surface area contributed by atoms with Crippen LogP contribution in [-0.4, -0.2) is 5.11 Å². The Balaban J connectivity index is 2.84. The fourth-order valence-corrected chi connectivity index (χ4v) is 0.961. The van der Waals surface area contributed by atoms with Crippen LogP contribution in [0.5, 0.6) is 5.75 Å². The van der Waals surface area contributed by atoms with Crippen molar-refractivity contribution in [3.05, 3.63) is 29.6 Å². The molecule has 0 atom stereocenters. The van der Waals surface area contributed by atoms with Gasteiger partial charge in [0.2, 0.25) is 0 Å². The molecule has 62 valence electrons. The van der Waals surface area contributed by atoms with Crippen molar-refractivity contribution in [3.63, 3.8) is 0 Å². The van der Waals surface area contributed by atoms with Crippen molar-refractivity contribution >= 4 is 0 Å². The van der Waals surface area contributed by atoms with Crippen molar-refractivity contribution in [1.29, 1.82) is 0 Å². The van der Waals surface area contributed by atoms with Crippen LogP contribution in [0.15, 0.2) is 18.2 Å². The predicted octanol–water partition coefficient (Wildman–Crippen LogP) is 2.10. The van der Waals surface area contributed by atoms with Crippen molar-refractivity contribution < 1.29 is 9.50 Å². The minimum Gasteiger partial charge on any atom is -0.508 e. The van der Waals surface area contributed by atoms with E-state index in [0.29, 0.717) is 18.4 Å². The molecule has 1 aromatic carbocycles. The average molecular weight is 164 g/mol. The maximum absolute atomic E-state index is 12.6. The number of halogens is 1. The SMILES string of the molecule is C#CCCc1cc(F)ccc1O. The van der Waals surface area contributed by atoms with Crippen LogP contribution in [0.4, 0.5) is 4.39 Å². The molecule has 1 nitrogen and oxygen atoms in total. The molecule has 0 aliphatic carbocycles. The number of hydrogen-bond donors (Lipinski definition) is 1. The minimum atomic E-state index is -0.347. The second kappa shape index (κ2) is 3.77. The maximum atomic E-state index is 12.6. The molecule has 0 bridgehead atoms. The summed E-state index contributed by atoms with van der Waals surface area (Å²) in [5.41, 5.74) is 0.563. The van der Waals surface area contributed by atoms with Gasteiger partial charge in [0.1, 0.15) is 11.6 Å². The number of phenolic OH excluding ortho intramolecular Hbond substituents is 1. The Hall–Kier alpha value is -1.49. The highest BCUT2D eigenvalue weighted by Crippen LogP contribution is 2.18. The van der Waals surface area contributed by atoms with Gasteiger partial charge < -0.3 is 5.11 Å². The minimum absolute atomic E-state index is 0.103. The van der Waals surface area contributed by atoms with Gasteiger partial charge in [-0.25, -0.2) is 4.39 Å². The molecule has 0 heterocycles. The van der Waals surface area contributed by atoms with Crippen LogP contribution < -0.4 is 0 Å². The van der Waals surface area contributed by atoms with E-state index in [1.165, 1.54) is 18.2 Å². The number of hydrogen-bond acceptors (Lipinski definition) is 1. The lowest BCUT2D eigenvalue weighted by atomic mass is 10.1. The number of phenols is 1. The van der Waals surface area contributed by atoms with Crippen molar-refractivity contribution in [1.82, 2.24) is 0 Å². The maximum Gasteiger partial charge on any atom is 0.123 e. The molecule has 0 fully saturated rings. The molecule has 0 radical (unpaired) electrons. The van der Waals surface area contributed by atoms with Gasteiger partial charge in [0.15, 0.2) is 0 Å². The smallest absolute Gasteiger partial charge is 0.123 e. The fourth-order valence-electron chi connectivity index (χ4n) is 0.961. The second-order valence-corrected chi connectivity index (χ2v) is 2.48. The van der Waals surface area contributed by atoms with E-state index in [0.717, 1.165) is 0 Å². The van der Waals surface area contributed by atoms with Gasteiger partial charge in [-0.2, -0.15) is 0 Å². The summed E-state index contributed by atoms with van der Waals surface area (Å²) < 4.78 is 12.6. The number of rotatable bonds is 2. The van der Waals surface area contributed by atoms with Gasteiger partial charge in [-0.3, -0.25) is 0 Å². The average Bonchev–Trinajstić information content (AvgIpc) is 2.07. The van der Waals surface area contributed by atoms with Gasteiger partial charge in [0.05, 0.1) is 0 Å². The van der Waals surface area contributed by atoms with Gasteiger partial charge in [-0.1, -0.05) is 0 Å². The Labute approximate surface area is 70.9 Å². The first-order chi connectivity index (χ1) is 5.74. The molecule has 0 saturated heterocycles. The number of terminal acetylenes is 1. The van der Waals surface area contributed by atoms with Gasteiger partial charge in [0.25, 0.3) is 0 Å². The van der Waals surface area contributed by atoms with Crippen molar-refractivity contribution in [3.8, 4) is 18.1 Å². The van der Waals surface area contributed by atoms with Crippen LogP contribution in [0.25, 0.3) is 0 Å². The summed E-state index contributed by atoms with van der Waals surface area (Å²) >= 11 is 0. The standard InChI is InChI=1S/C10H9FO/c1-2-3-4-8-7-9(11)5-6-10(8)12/h1,5-7,12H,3-4H2. The fraction of sp³-hybridized carbons (Fsp3) is 0.200. The zero-order valence-electron chi connectivity index (χ0n) is 6.55. The van der Waals surface area contributed by atoms with Crippen LogP contribution in [-0.2, 0) is 6.42 Å². The molecular weight excluding hydrogens is 155 g/mol. The molecule has 12 heavy (non-hydrogen) atoms. The van der Waals surface area contributed by atoms with E-state index >= 15 is 0 Å². The third-order valence-corrected chi connectivity index (χ3v) is 1.58. The highest BCUT2D eigenvalue weighted by molar-refractivity contribution is 5.32. The van der Waals surface area contributed by atoms with E-state index in [-0.39, 0.29) is 11.6 Å². The van der Waals surface area contributed by atoms with E-state index < -0.39 is 0 Å². The quantitative estimate of drug-likeness (QED) is 0.663. The third kappa shape index (κ3) is 2.00. The second-order valence-electron chi connectivity index (χ2n) is 2.48. The van der Waals surface area contributed by atoms with E-state index in [4.69, 9.17) is 6.42 Å². The van der Waals surface area contributed by atoms with Gasteiger partial charge in [-0.05, 0) is 30.2 Å². The lowest BCUT2D eigenvalue weighted by Gasteiger charge is -2.01. The Kier molecular flexibility index (Phi) is 2.71. The molecule has 0 saturated carbocycles. The van der Waals surface area contributed by atoms with Crippen molar-refractivity contribution in [2.24, 2.45) is 0 Å². The Morgan fingerprint density at radius 1 is 1.50 bits per heavy atom. The molecule has 1 N–H and O–H groups in total. The molecule has 0 aliphatic rings. The first-order valence-corrected chi connectivity index (χ1v) is 3.65. The number of aromatic hydroxyl groups is 1. The third-order valence-electron chi connectivity index (χ3n) is 1.58. The zero-order chi connectivity index (χ0) is 8.97. The van der Waals surface area contributed by atoms with Crippen LogP contribution in [0, 0.1) is 18.2 Å². The predicted molar refractivity (Wildman–Crippen MR) is 45.2 cm³/mol. The van der Waals surface area contributed by atoms with Gasteiger partial charge in [-0.15, -0.1) is 12.3 Å². The topological polar surface area (TPSA) is 20.2 Å². The molecule has 1 rings (SSSR count). The van der Waals surface area contributed by atoms with E-state index in [1.54, 1.807) is 0 Å². The molecule has 0 aromatic heterocycles. The normalized spacial score (nSPS) is 9.33. The summed E-state index contributed by atoms with van der Waals surface area (Å²) in [6, 6.07) is 3.85. The van der Waals surface area contributed by atoms with E-state index in [9.17, 15) is 9.50 Å². The van der Waals surface area contributed by atoms with Crippen LogP contribution >= 0.6 is 0 Å². The zero-order valence-corrected chi connectivity index (χ0v) is 6.55. The van der Waals surface area contributed by atoms with E-state index in [2.05, 4.69) is 5.92 Å². The number of benzene rings is 1. The Morgan fingerprint density at radius 3 is 2.92 bits per heavy atom. The molecule has 0 amide bonds. The Morgan fingerprint density at radius 2 is 2.25 bits per heavy atom. The first kappa shape index (κ1) is 8.61. The van der Waals surface area contributed by atoms with Crippen molar-refractivity contribution in [2.45, 2.75) is 12.8 Å². The molecule has 0 aliphatic heterocycles. The lowest BCUT2D eigenvalue weighted by molar-refractivity contribution is 0.465. The van der Waals surface area contributed by atoms with Crippen LogP contribution in [0.2, 0.25) is 0 Å². The molecular formula is C10H9FO. The first-order valence-electron chi connectivity index (χ1n) is 3.65. The Bertz CT molecular complexity index is 312. The summed E-state index contributed by atoms with van der Waals surface area (Å²) in [5, 5.41) is 9.23. The van der Waals surface area contributed by atoms with Gasteiger partial charge in [0, 0.05) is 6.42 Å². The molecule has 2 heteroatoms. The summed E-state index contributed by atoms with van der Waals surface area (Å²) in [6.45, 7) is 0. The van der Waals surface area contributed by atoms with Crippen LogP contribution in [0.1, 0.15) is 12.0 Å². The van der Waals surface area contributed by atoms with Gasteiger partial charge >= 0.3 is 0 Å². The highest BCUT2D eigenvalue weighted by atomic mass is 19.1. The lowest BCUT2D eigenvalue weighted by Crippen LogP contribution is -1.86. The summed E-state index contributed by atoms with van der Waals surface area (Å²) in [6.07, 6.45) is 6.06. The molecule has 0 unspecified atom stereocenters. The summed E-state index contributed by atoms with van der Waals surface area (Å²) in [5.74, 6) is 2.19. The van der Waals surface area contributed by atoms with Crippen LogP contribution in [0.3, 0.4) is 0 Å². The number of aryl methyl sites for hydroxylation is 1. The molecule has 0 spiro atoms. The summed E-state index contributed by atoms with van der Waals surface area (Å²) in [7, 11) is 0. The summed E-state index contributed by atoms with van der Waals surface area (Å²) in [4.78, 5) is 0. The highest BCUT2D eigenvalue weighted by Gasteiger charge is 2.00. The molecule has 1 aromatic rings. The largest absolute Gasteiger partial charge is 0.508 e. The van der Waals surface area contributed by atoms with Crippen molar-refractivity contribution in [2.75, 3.05) is 0 Å². The van der Waals surface area contributed by atoms with E-state index in [1.807, 2.05) is 0 Å².